The molecule has 0 bridgehead atoms. The number of alkyl halides is 9. The Bertz CT molecular complexity index is 5710. The number of aliphatic hydroxyl groups is 8. The fourth-order valence-corrected chi connectivity index (χ4v) is 14.7. The molecular formula is C79H82F9N13O24. The van der Waals surface area contributed by atoms with E-state index in [1.807, 2.05) is 30.1 Å². The van der Waals surface area contributed by atoms with Gasteiger partial charge < -0.3 is 105 Å². The van der Waals surface area contributed by atoms with Crippen LogP contribution in [0.4, 0.5) is 68.5 Å². The van der Waals surface area contributed by atoms with Gasteiger partial charge in [0.1, 0.15) is 65.8 Å². The molecule has 11 heterocycles. The Morgan fingerprint density at radius 3 is 1.18 bits per heavy atom. The van der Waals surface area contributed by atoms with E-state index in [-0.39, 0.29) is 62.3 Å². The van der Waals surface area contributed by atoms with E-state index in [2.05, 4.69) is 68.9 Å². The molecule has 670 valence electrons. The molecule has 0 radical (unpaired) electrons. The Morgan fingerprint density at radius 1 is 0.432 bits per heavy atom. The zero-order valence-electron chi connectivity index (χ0n) is 66.6. The summed E-state index contributed by atoms with van der Waals surface area (Å²) in [6.07, 6.45) is -17.4. The number of aromatic nitrogens is 8. The number of nitrogens with one attached hydrogen (secondary N) is 4. The van der Waals surface area contributed by atoms with Gasteiger partial charge in [-0.2, -0.15) is 59.4 Å². The first kappa shape index (κ1) is 90.9. The standard InChI is InChI=1S/C24H29F2N3O5.C19H20F2N4O6.C18H16F3N3O7.C18H17F2N3O6/c1-22(2)8-9-23(3,4)15-11-13(5-6-14(15)22)19(32)27-17-7-10-29(21(33)28-17)20-24(25,26)18(31)16(12-30)34-20;1-24-6-7-30-12-8-10(2-3-11(12)24)16(28)22-14-4-5-25(18(29)23-14)17-19(20,21)15(27)13(9-26)31-17;1-17(19)30-9-3-2-8(6-10(9)31-17)14(27)22-12-4-5-24(16(28)23-12)15-18(20,21)13(26)11(7-25)29-15;19-18(20)14(25)11(8-24)29-16(18)23-6-4-12(22-17(23)27)21-15(26)10-3-1-2-9-5-7-28-13(9)10/h5-7,10-11,16,18,20,30-31H,8-9,12H2,1-4H3,(H,27,28,32,33);2-5,8,13,15,17,26-27H,6-7,9H2,1H3,(H,22,23,28,29);2-6,11,13,15,25-26H,7H2,1H3,(H,22,23,27,28);1-4,6,11,14,16,24-25H,5,7-8H2,(H,21,22,26,27)/t16-,18-,20?;13-,15-,17?;11-,13-,15?,17?;11-,14-,16?/m1111/s1. The van der Waals surface area contributed by atoms with Gasteiger partial charge in [0.05, 0.1) is 50.8 Å². The van der Waals surface area contributed by atoms with Crippen molar-refractivity contribution in [2.75, 3.05) is 79.4 Å². The van der Waals surface area contributed by atoms with Crippen molar-refractivity contribution in [2.45, 2.75) is 168 Å². The van der Waals surface area contributed by atoms with Crippen molar-refractivity contribution >= 4 is 52.6 Å². The number of likely N-dealkylation sites (N-methyl/N-ethyl adjacent to an activating group) is 1. The summed E-state index contributed by atoms with van der Waals surface area (Å²) in [4.78, 5) is 116. The Labute approximate surface area is 699 Å². The molecule has 4 aromatic heterocycles. The van der Waals surface area contributed by atoms with Crippen molar-refractivity contribution < 1.29 is 137 Å². The SMILES string of the molecule is CC1(C)CCC(C)(C)c2cc(C(=O)Nc3ccn(C4O[C@H](CO)[C@@H](O)C4(F)F)c(=O)n3)ccc21.CC1(F)Oc2ccc(C(=O)Nc3ccn(C4O[C@H](CO)[C@@H](O)C4(F)F)c(=O)n3)cc2O1.CN1CCOc2cc(C(=O)Nc3ccn(C4O[C@H](CO)[C@@H](O)C4(F)F)c(=O)n3)ccc21.O=C(Nc1ccn(C2O[C@H](CO)[C@@H](O)C2(F)F)c(=O)n1)c1cccc2c1OCC2. The van der Waals surface area contributed by atoms with Crippen LogP contribution in [-0.2, 0) is 36.2 Å². The molecule has 8 aromatic rings. The summed E-state index contributed by atoms with van der Waals surface area (Å²) in [7, 11) is 1.90. The molecule has 37 nitrogen and oxygen atoms in total. The number of benzene rings is 4. The minimum Gasteiger partial charge on any atom is -0.492 e. The summed E-state index contributed by atoms with van der Waals surface area (Å²) >= 11 is 0. The summed E-state index contributed by atoms with van der Waals surface area (Å²) in [6, 6.07) is 21.6. The second-order valence-electron chi connectivity index (χ2n) is 31.2. The molecule has 5 unspecified atom stereocenters. The molecule has 46 heteroatoms. The number of carbonyl (C=O) groups is 4. The molecule has 8 aliphatic rings. The third-order valence-electron chi connectivity index (χ3n) is 21.7. The Balaban J connectivity index is 0.000000143. The minimum atomic E-state index is -3.86. The molecule has 4 fully saturated rings. The zero-order chi connectivity index (χ0) is 90.7. The predicted molar refractivity (Wildman–Crippen MR) is 413 cm³/mol. The third-order valence-corrected chi connectivity index (χ3v) is 21.7. The number of halogens is 9. The monoisotopic (exact) mass is 1770 g/mol. The fraction of sp³-hybridized carbons (Fsp3) is 0.443. The number of fused-ring (bicyclic) bond motifs is 4. The Morgan fingerprint density at radius 2 is 0.792 bits per heavy atom. The highest BCUT2D eigenvalue weighted by atomic mass is 19.3. The lowest BCUT2D eigenvalue weighted by atomic mass is 9.63. The minimum absolute atomic E-state index is 0.00108. The second-order valence-corrected chi connectivity index (χ2v) is 31.2. The van der Waals surface area contributed by atoms with E-state index in [4.69, 9.17) is 58.3 Å². The average Bonchev–Trinajstić information content (AvgIpc) is 0.992. The smallest absolute Gasteiger partial charge is 0.404 e. The molecule has 1 aliphatic carbocycles. The van der Waals surface area contributed by atoms with Gasteiger partial charge in [0, 0.05) is 61.9 Å². The van der Waals surface area contributed by atoms with E-state index in [0.29, 0.717) is 55.0 Å². The maximum absolute atomic E-state index is 14.3. The summed E-state index contributed by atoms with van der Waals surface area (Å²) < 4.78 is 170. The van der Waals surface area contributed by atoms with Crippen LogP contribution in [0.1, 0.15) is 130 Å². The number of aliphatic hydroxyl groups excluding tert-OH is 8. The normalized spacial score (nSPS) is 26.1. The van der Waals surface area contributed by atoms with E-state index >= 15 is 0 Å². The van der Waals surface area contributed by atoms with Crippen LogP contribution in [0.25, 0.3) is 0 Å². The quantitative estimate of drug-likeness (QED) is 0.0607. The molecule has 13 atom stereocenters. The van der Waals surface area contributed by atoms with Gasteiger partial charge in [-0.05, 0) is 119 Å². The number of anilines is 5. The summed E-state index contributed by atoms with van der Waals surface area (Å²) in [5.41, 5.74) is 0.362. The second kappa shape index (κ2) is 34.9. The Kier molecular flexibility index (Phi) is 25.4. The van der Waals surface area contributed by atoms with Crippen LogP contribution in [0, 0.1) is 0 Å². The molecule has 4 aromatic carbocycles. The molecule has 7 aliphatic heterocycles. The molecule has 125 heavy (non-hydrogen) atoms. The first-order valence-corrected chi connectivity index (χ1v) is 38.3. The van der Waals surface area contributed by atoms with Gasteiger partial charge in [-0.1, -0.05) is 45.9 Å². The van der Waals surface area contributed by atoms with Crippen molar-refractivity contribution in [1.29, 1.82) is 0 Å². The molecule has 4 amide bonds. The highest BCUT2D eigenvalue weighted by molar-refractivity contribution is 6.07. The number of ether oxygens (including phenoxy) is 8. The van der Waals surface area contributed by atoms with Gasteiger partial charge in [0.25, 0.3) is 23.6 Å². The molecule has 4 saturated heterocycles. The first-order valence-electron chi connectivity index (χ1n) is 38.3. The third kappa shape index (κ3) is 18.1. The van der Waals surface area contributed by atoms with E-state index in [1.165, 1.54) is 29.8 Å². The topological polar surface area (TPSA) is 495 Å². The lowest BCUT2D eigenvalue weighted by molar-refractivity contribution is -0.173. The first-order chi connectivity index (χ1) is 58.8. The summed E-state index contributed by atoms with van der Waals surface area (Å²) in [5.74, 6) is -17.2. The molecule has 0 saturated carbocycles. The van der Waals surface area contributed by atoms with Gasteiger partial charge in [0.15, 0.2) is 35.9 Å². The van der Waals surface area contributed by atoms with Gasteiger partial charge in [0.2, 0.25) is 24.9 Å². The fourth-order valence-electron chi connectivity index (χ4n) is 14.7. The van der Waals surface area contributed by atoms with Crippen LogP contribution in [-0.4, -0.2) is 234 Å². The van der Waals surface area contributed by atoms with Gasteiger partial charge in [-0.25, -0.2) is 19.2 Å². The lowest BCUT2D eigenvalue weighted by Gasteiger charge is -2.42. The number of rotatable bonds is 16. The average molecular weight is 1770 g/mol. The number of carbonyl (C=O) groups excluding carboxylic acids is 4. The number of amides is 4. The van der Waals surface area contributed by atoms with E-state index in [1.54, 1.807) is 36.4 Å². The van der Waals surface area contributed by atoms with Crippen molar-refractivity contribution in [3.63, 3.8) is 0 Å². The van der Waals surface area contributed by atoms with Crippen molar-refractivity contribution in [1.82, 2.24) is 38.2 Å². The molecule has 12 N–H and O–H groups in total. The van der Waals surface area contributed by atoms with Gasteiger partial charge in [-0.15, -0.1) is 0 Å². The number of nitrogens with zero attached hydrogens (tertiary/aromatic N) is 9. The molecule has 16 rings (SSSR count). The van der Waals surface area contributed by atoms with Crippen LogP contribution in [0.15, 0.2) is 141 Å². The highest BCUT2D eigenvalue weighted by Crippen LogP contribution is 2.49. The van der Waals surface area contributed by atoms with E-state index < -0.39 is 176 Å². The highest BCUT2D eigenvalue weighted by Gasteiger charge is 2.63. The summed E-state index contributed by atoms with van der Waals surface area (Å²) in [5, 5.41) is 84.4. The van der Waals surface area contributed by atoms with Crippen LogP contribution in [0.5, 0.6) is 23.0 Å². The Hall–Kier alpha value is -11.8. The molecular weight excluding hydrogens is 1690 g/mol. The maximum atomic E-state index is 14.3. The van der Waals surface area contributed by atoms with Crippen molar-refractivity contribution in [2.24, 2.45) is 0 Å². The van der Waals surface area contributed by atoms with Crippen molar-refractivity contribution in [3.05, 3.63) is 203 Å². The van der Waals surface area contributed by atoms with E-state index in [0.717, 1.165) is 86.1 Å². The van der Waals surface area contributed by atoms with Crippen LogP contribution in [0.2, 0.25) is 0 Å². The zero-order valence-corrected chi connectivity index (χ0v) is 66.6. The van der Waals surface area contributed by atoms with Crippen LogP contribution >= 0.6 is 0 Å². The van der Waals surface area contributed by atoms with Crippen molar-refractivity contribution in [3.8, 4) is 23.0 Å². The van der Waals surface area contributed by atoms with Gasteiger partial charge >= 0.3 is 52.5 Å². The molecule has 0 spiro atoms. The summed E-state index contributed by atoms with van der Waals surface area (Å²) in [6.45, 7) is 7.96. The lowest BCUT2D eigenvalue weighted by Crippen LogP contribution is -2.41. The van der Waals surface area contributed by atoms with Gasteiger partial charge in [-0.3, -0.25) is 37.4 Å². The maximum Gasteiger partial charge on any atom is 0.404 e. The number of hydrogen-bond donors (Lipinski definition) is 12. The number of para-hydroxylation sites is 1. The number of hydrogen-bond acceptors (Lipinski definition) is 29. The van der Waals surface area contributed by atoms with E-state index in [9.17, 15) is 98.3 Å². The predicted octanol–water partition coefficient (Wildman–Crippen LogP) is 4.05. The van der Waals surface area contributed by atoms with Crippen LogP contribution in [0.3, 0.4) is 0 Å². The van der Waals surface area contributed by atoms with Crippen LogP contribution < -0.4 is 67.9 Å². The largest absolute Gasteiger partial charge is 0.492 e.